The standard InChI is InChI=1S/C27H31ClN2O7S/c1-17(19-9-12-23(34-2)24(13-19)35-3)29-27(31)21-14-25(36-4)26(37-5)15-22(21)30(38(6,32)33)16-18-7-10-20(28)11-8-18/h7-15,17H,16H2,1-6H3,(H,29,31)/t17-/m1/s1. The van der Waals surface area contributed by atoms with Crippen LogP contribution < -0.4 is 28.6 Å². The third-order valence-corrected chi connectivity index (χ3v) is 7.29. The normalized spacial score (nSPS) is 11.9. The Morgan fingerprint density at radius 1 is 0.868 bits per heavy atom. The van der Waals surface area contributed by atoms with Crippen molar-refractivity contribution in [1.82, 2.24) is 5.32 Å². The summed E-state index contributed by atoms with van der Waals surface area (Å²) in [5, 5.41) is 3.46. The smallest absolute Gasteiger partial charge is 0.254 e. The van der Waals surface area contributed by atoms with Crippen molar-refractivity contribution in [3.8, 4) is 23.0 Å². The highest BCUT2D eigenvalue weighted by Crippen LogP contribution is 2.37. The van der Waals surface area contributed by atoms with Crippen molar-refractivity contribution in [3.63, 3.8) is 0 Å². The first kappa shape index (κ1) is 28.9. The summed E-state index contributed by atoms with van der Waals surface area (Å²) in [4.78, 5) is 13.6. The summed E-state index contributed by atoms with van der Waals surface area (Å²) in [5.74, 6) is 1.12. The quantitative estimate of drug-likeness (QED) is 0.357. The number of anilines is 1. The molecule has 9 nitrogen and oxygen atoms in total. The Labute approximate surface area is 228 Å². The van der Waals surface area contributed by atoms with Crippen LogP contribution in [0.15, 0.2) is 54.6 Å². The lowest BCUT2D eigenvalue weighted by atomic mass is 10.1. The first-order chi connectivity index (χ1) is 18.0. The first-order valence-corrected chi connectivity index (χ1v) is 13.8. The molecule has 1 amide bonds. The Morgan fingerprint density at radius 2 is 1.42 bits per heavy atom. The van der Waals surface area contributed by atoms with Crippen molar-refractivity contribution in [3.05, 3.63) is 76.3 Å². The molecule has 0 aliphatic rings. The minimum atomic E-state index is -3.83. The molecule has 0 spiro atoms. The molecule has 1 N–H and O–H groups in total. The number of ether oxygens (including phenoxy) is 4. The number of nitrogens with one attached hydrogen (secondary N) is 1. The van der Waals surface area contributed by atoms with Crippen LogP contribution in [0.5, 0.6) is 23.0 Å². The number of amides is 1. The molecule has 0 aliphatic heterocycles. The molecule has 0 fully saturated rings. The highest BCUT2D eigenvalue weighted by Gasteiger charge is 2.27. The van der Waals surface area contributed by atoms with E-state index in [1.54, 1.807) is 43.5 Å². The molecule has 38 heavy (non-hydrogen) atoms. The predicted molar refractivity (Wildman–Crippen MR) is 147 cm³/mol. The zero-order valence-electron chi connectivity index (χ0n) is 22.1. The summed E-state index contributed by atoms with van der Waals surface area (Å²) in [6.07, 6.45) is 1.08. The summed E-state index contributed by atoms with van der Waals surface area (Å²) in [7, 11) is 2.11. The fourth-order valence-electron chi connectivity index (χ4n) is 3.87. The molecule has 0 bridgehead atoms. The Hall–Kier alpha value is -3.63. The molecule has 0 aromatic heterocycles. The number of carbonyl (C=O) groups excluding carboxylic acids is 1. The molecule has 3 aromatic rings. The van der Waals surface area contributed by atoms with E-state index in [1.807, 2.05) is 13.0 Å². The Bertz CT molecular complexity index is 1400. The van der Waals surface area contributed by atoms with E-state index in [1.165, 1.54) is 33.5 Å². The van der Waals surface area contributed by atoms with Crippen LogP contribution in [0.25, 0.3) is 0 Å². The van der Waals surface area contributed by atoms with E-state index in [-0.39, 0.29) is 29.3 Å². The molecule has 0 saturated heterocycles. The van der Waals surface area contributed by atoms with Gasteiger partial charge in [0.15, 0.2) is 23.0 Å². The highest BCUT2D eigenvalue weighted by molar-refractivity contribution is 7.92. The van der Waals surface area contributed by atoms with Gasteiger partial charge in [0.1, 0.15) is 0 Å². The van der Waals surface area contributed by atoms with E-state index < -0.39 is 22.0 Å². The minimum absolute atomic E-state index is 0.0308. The molecule has 3 rings (SSSR count). The summed E-state index contributed by atoms with van der Waals surface area (Å²) in [6, 6.07) is 14.6. The van der Waals surface area contributed by atoms with Gasteiger partial charge in [-0.15, -0.1) is 0 Å². The number of hydrogen-bond acceptors (Lipinski definition) is 7. The van der Waals surface area contributed by atoms with E-state index in [2.05, 4.69) is 5.32 Å². The van der Waals surface area contributed by atoms with Gasteiger partial charge in [-0.3, -0.25) is 9.10 Å². The Balaban J connectivity index is 2.06. The molecule has 1 atom stereocenters. The van der Waals surface area contributed by atoms with Gasteiger partial charge >= 0.3 is 0 Å². The highest BCUT2D eigenvalue weighted by atomic mass is 35.5. The molecule has 0 aliphatic carbocycles. The maximum absolute atomic E-state index is 13.6. The number of methoxy groups -OCH3 is 4. The molecule has 3 aromatic carbocycles. The van der Waals surface area contributed by atoms with E-state index in [4.69, 9.17) is 30.5 Å². The fourth-order valence-corrected chi connectivity index (χ4v) is 4.89. The molecule has 11 heteroatoms. The van der Waals surface area contributed by atoms with Crippen molar-refractivity contribution in [1.29, 1.82) is 0 Å². The average Bonchev–Trinajstić information content (AvgIpc) is 2.90. The average molecular weight is 563 g/mol. The minimum Gasteiger partial charge on any atom is -0.493 e. The van der Waals surface area contributed by atoms with E-state index in [9.17, 15) is 13.2 Å². The largest absolute Gasteiger partial charge is 0.493 e. The number of halogens is 1. The van der Waals surface area contributed by atoms with Gasteiger partial charge in [0, 0.05) is 11.1 Å². The zero-order chi connectivity index (χ0) is 28.0. The predicted octanol–water partition coefficient (Wildman–Crippen LogP) is 4.83. The zero-order valence-corrected chi connectivity index (χ0v) is 23.6. The van der Waals surface area contributed by atoms with Crippen LogP contribution in [0, 0.1) is 0 Å². The summed E-state index contributed by atoms with van der Waals surface area (Å²) in [5.41, 5.74) is 1.67. The monoisotopic (exact) mass is 562 g/mol. The van der Waals surface area contributed by atoms with Gasteiger partial charge in [0.05, 0.1) is 58.5 Å². The molecule has 204 valence electrons. The number of carbonyl (C=O) groups is 1. The van der Waals surface area contributed by atoms with Gasteiger partial charge in [-0.2, -0.15) is 0 Å². The summed E-state index contributed by atoms with van der Waals surface area (Å²) in [6.45, 7) is 1.78. The van der Waals surface area contributed by atoms with Crippen molar-refractivity contribution in [2.75, 3.05) is 39.0 Å². The number of rotatable bonds is 11. The van der Waals surface area contributed by atoms with Crippen molar-refractivity contribution in [2.24, 2.45) is 0 Å². The van der Waals surface area contributed by atoms with Gasteiger partial charge in [-0.05, 0) is 48.4 Å². The lowest BCUT2D eigenvalue weighted by molar-refractivity contribution is 0.0940. The van der Waals surface area contributed by atoms with Gasteiger partial charge < -0.3 is 24.3 Å². The van der Waals surface area contributed by atoms with E-state index >= 15 is 0 Å². The van der Waals surface area contributed by atoms with Crippen molar-refractivity contribution in [2.45, 2.75) is 19.5 Å². The number of hydrogen-bond donors (Lipinski definition) is 1. The lowest BCUT2D eigenvalue weighted by Crippen LogP contribution is -2.33. The number of nitrogens with zero attached hydrogens (tertiary/aromatic N) is 1. The van der Waals surface area contributed by atoms with Crippen LogP contribution in [0.2, 0.25) is 5.02 Å². The third-order valence-electron chi connectivity index (χ3n) is 5.91. The molecule has 0 heterocycles. The van der Waals surface area contributed by atoms with Crippen molar-refractivity contribution >= 4 is 33.2 Å². The molecular formula is C27H31ClN2O7S. The number of sulfonamides is 1. The van der Waals surface area contributed by atoms with Crippen LogP contribution in [-0.2, 0) is 16.6 Å². The second-order valence-corrected chi connectivity index (χ2v) is 10.8. The Kier molecular flexibility index (Phi) is 9.35. The summed E-state index contributed by atoms with van der Waals surface area (Å²) >= 11 is 6.00. The maximum Gasteiger partial charge on any atom is 0.254 e. The van der Waals surface area contributed by atoms with Crippen LogP contribution >= 0.6 is 11.6 Å². The van der Waals surface area contributed by atoms with Crippen molar-refractivity contribution < 1.29 is 32.2 Å². The molecule has 0 unspecified atom stereocenters. The van der Waals surface area contributed by atoms with Crippen LogP contribution in [0.1, 0.15) is 34.5 Å². The van der Waals surface area contributed by atoms with Crippen LogP contribution in [0.4, 0.5) is 5.69 Å². The van der Waals surface area contributed by atoms with Gasteiger partial charge in [0.2, 0.25) is 10.0 Å². The first-order valence-electron chi connectivity index (χ1n) is 11.5. The van der Waals surface area contributed by atoms with Gasteiger partial charge in [0.25, 0.3) is 5.91 Å². The second kappa shape index (κ2) is 12.3. The fraction of sp³-hybridized carbons (Fsp3) is 0.296. The lowest BCUT2D eigenvalue weighted by Gasteiger charge is -2.26. The van der Waals surface area contributed by atoms with Gasteiger partial charge in [-0.1, -0.05) is 29.8 Å². The second-order valence-electron chi connectivity index (χ2n) is 8.43. The Morgan fingerprint density at radius 3 is 1.97 bits per heavy atom. The van der Waals surface area contributed by atoms with Crippen LogP contribution in [-0.4, -0.2) is 49.0 Å². The van der Waals surface area contributed by atoms with Crippen LogP contribution in [0.3, 0.4) is 0 Å². The topological polar surface area (TPSA) is 103 Å². The summed E-state index contributed by atoms with van der Waals surface area (Å²) < 4.78 is 48.6. The van der Waals surface area contributed by atoms with E-state index in [0.29, 0.717) is 22.1 Å². The van der Waals surface area contributed by atoms with Gasteiger partial charge in [-0.25, -0.2) is 8.42 Å². The van der Waals surface area contributed by atoms with E-state index in [0.717, 1.165) is 16.1 Å². The molecular weight excluding hydrogens is 532 g/mol. The SMILES string of the molecule is COc1ccc([C@@H](C)NC(=O)c2cc(OC)c(OC)cc2N(Cc2ccc(Cl)cc2)S(C)(=O)=O)cc1OC. The number of benzene rings is 3. The molecule has 0 radical (unpaired) electrons. The maximum atomic E-state index is 13.6. The third kappa shape index (κ3) is 6.62. The molecule has 0 saturated carbocycles.